The molecule has 5 heteroatoms. The lowest BCUT2D eigenvalue weighted by Gasteiger charge is -2.26. The van der Waals surface area contributed by atoms with Crippen LogP contribution in [0.25, 0.3) is 11.3 Å². The van der Waals surface area contributed by atoms with Crippen LogP contribution in [-0.2, 0) is 11.3 Å². The van der Waals surface area contributed by atoms with Crippen LogP contribution in [0.4, 0.5) is 5.95 Å². The third-order valence-electron chi connectivity index (χ3n) is 3.77. The van der Waals surface area contributed by atoms with E-state index in [9.17, 15) is 4.79 Å². The van der Waals surface area contributed by atoms with E-state index in [-0.39, 0.29) is 5.91 Å². The molecule has 0 fully saturated rings. The minimum absolute atomic E-state index is 0.128. The Balaban J connectivity index is 1.95. The van der Waals surface area contributed by atoms with Gasteiger partial charge in [0, 0.05) is 31.3 Å². The minimum atomic E-state index is 0.128. The topological polar surface area (TPSA) is 47.4 Å². The number of methoxy groups -OCH3 is 1. The molecule has 2 aromatic rings. The molecule has 0 spiro atoms. The van der Waals surface area contributed by atoms with Gasteiger partial charge in [-0.3, -0.25) is 9.69 Å². The second-order valence-electron chi connectivity index (χ2n) is 5.10. The lowest BCUT2D eigenvalue weighted by Crippen LogP contribution is -2.37. The number of rotatable bonds is 3. The number of anilines is 1. The standard InChI is InChI=1S/C16H19N3O2/c1-3-15(20)19-10-4-9-18-11-14(17-16(18)19)12-5-7-13(21-2)8-6-12/h5-8,11H,3-4,9-10H2,1-2H3. The molecule has 21 heavy (non-hydrogen) atoms. The van der Waals surface area contributed by atoms with Gasteiger partial charge in [-0.05, 0) is 30.7 Å². The Morgan fingerprint density at radius 3 is 2.71 bits per heavy atom. The SMILES string of the molecule is CCC(=O)N1CCCn2cc(-c3ccc(OC)cc3)nc21. The smallest absolute Gasteiger partial charge is 0.229 e. The zero-order valence-electron chi connectivity index (χ0n) is 12.4. The van der Waals surface area contributed by atoms with Crippen molar-refractivity contribution in [2.24, 2.45) is 0 Å². The molecular weight excluding hydrogens is 266 g/mol. The lowest BCUT2D eigenvalue weighted by molar-refractivity contribution is -0.118. The number of carbonyl (C=O) groups is 1. The molecule has 0 N–H and O–H groups in total. The highest BCUT2D eigenvalue weighted by Gasteiger charge is 2.24. The number of fused-ring (bicyclic) bond motifs is 1. The molecule has 1 aromatic carbocycles. The van der Waals surface area contributed by atoms with Crippen LogP contribution >= 0.6 is 0 Å². The van der Waals surface area contributed by atoms with Gasteiger partial charge in [0.15, 0.2) is 0 Å². The van der Waals surface area contributed by atoms with Crippen molar-refractivity contribution >= 4 is 11.9 Å². The highest BCUT2D eigenvalue weighted by molar-refractivity contribution is 5.92. The van der Waals surface area contributed by atoms with Gasteiger partial charge in [-0.15, -0.1) is 0 Å². The third kappa shape index (κ3) is 2.51. The van der Waals surface area contributed by atoms with E-state index in [1.165, 1.54) is 0 Å². The van der Waals surface area contributed by atoms with Crippen molar-refractivity contribution < 1.29 is 9.53 Å². The molecule has 0 bridgehead atoms. The van der Waals surface area contributed by atoms with Crippen molar-refractivity contribution in [3.63, 3.8) is 0 Å². The van der Waals surface area contributed by atoms with Gasteiger partial charge in [0.2, 0.25) is 11.9 Å². The van der Waals surface area contributed by atoms with Gasteiger partial charge in [-0.1, -0.05) is 6.92 Å². The number of hydrogen-bond donors (Lipinski definition) is 0. The fraction of sp³-hybridized carbons (Fsp3) is 0.375. The summed E-state index contributed by atoms with van der Waals surface area (Å²) in [4.78, 5) is 18.5. The van der Waals surface area contributed by atoms with Gasteiger partial charge < -0.3 is 9.30 Å². The molecule has 1 aliphatic heterocycles. The van der Waals surface area contributed by atoms with E-state index < -0.39 is 0 Å². The highest BCUT2D eigenvalue weighted by atomic mass is 16.5. The molecule has 0 unspecified atom stereocenters. The van der Waals surface area contributed by atoms with Crippen LogP contribution in [0, 0.1) is 0 Å². The molecule has 0 saturated carbocycles. The Hall–Kier alpha value is -2.30. The summed E-state index contributed by atoms with van der Waals surface area (Å²) in [6, 6.07) is 7.81. The van der Waals surface area contributed by atoms with Crippen LogP contribution in [0.3, 0.4) is 0 Å². The first-order valence-electron chi connectivity index (χ1n) is 7.25. The molecule has 1 aromatic heterocycles. The van der Waals surface area contributed by atoms with Crippen LogP contribution in [0.2, 0.25) is 0 Å². The molecule has 2 heterocycles. The molecule has 0 saturated heterocycles. The summed E-state index contributed by atoms with van der Waals surface area (Å²) >= 11 is 0. The van der Waals surface area contributed by atoms with E-state index in [0.717, 1.165) is 42.5 Å². The average molecular weight is 285 g/mol. The van der Waals surface area contributed by atoms with E-state index in [1.807, 2.05) is 37.4 Å². The van der Waals surface area contributed by atoms with E-state index in [0.29, 0.717) is 6.42 Å². The van der Waals surface area contributed by atoms with E-state index in [1.54, 1.807) is 12.0 Å². The van der Waals surface area contributed by atoms with E-state index >= 15 is 0 Å². The fourth-order valence-electron chi connectivity index (χ4n) is 2.61. The first-order valence-corrected chi connectivity index (χ1v) is 7.25. The molecule has 5 nitrogen and oxygen atoms in total. The van der Waals surface area contributed by atoms with Crippen molar-refractivity contribution in [2.45, 2.75) is 26.3 Å². The second-order valence-corrected chi connectivity index (χ2v) is 5.10. The summed E-state index contributed by atoms with van der Waals surface area (Å²) in [6.07, 6.45) is 3.49. The van der Waals surface area contributed by atoms with Crippen LogP contribution in [0.1, 0.15) is 19.8 Å². The molecular formula is C16H19N3O2. The average Bonchev–Trinajstić information content (AvgIpc) is 2.98. The van der Waals surface area contributed by atoms with Crippen LogP contribution < -0.4 is 9.64 Å². The molecule has 1 aliphatic rings. The van der Waals surface area contributed by atoms with E-state index in [4.69, 9.17) is 4.74 Å². The first-order chi connectivity index (χ1) is 10.2. The quantitative estimate of drug-likeness (QED) is 0.871. The number of nitrogens with zero attached hydrogens (tertiary/aromatic N) is 3. The summed E-state index contributed by atoms with van der Waals surface area (Å²) in [5.41, 5.74) is 1.92. The highest BCUT2D eigenvalue weighted by Crippen LogP contribution is 2.27. The number of imidazole rings is 1. The molecule has 0 aliphatic carbocycles. The normalized spacial score (nSPS) is 13.9. The zero-order chi connectivity index (χ0) is 14.8. The molecule has 0 radical (unpaired) electrons. The number of carbonyl (C=O) groups excluding carboxylic acids is 1. The van der Waals surface area contributed by atoms with Crippen molar-refractivity contribution in [1.29, 1.82) is 0 Å². The second kappa shape index (κ2) is 5.60. The molecule has 0 atom stereocenters. The number of amides is 1. The van der Waals surface area contributed by atoms with Crippen molar-refractivity contribution in [3.05, 3.63) is 30.5 Å². The Morgan fingerprint density at radius 2 is 2.05 bits per heavy atom. The van der Waals surface area contributed by atoms with Crippen molar-refractivity contribution in [1.82, 2.24) is 9.55 Å². The predicted octanol–water partition coefficient (Wildman–Crippen LogP) is 2.71. The maximum Gasteiger partial charge on any atom is 0.229 e. The lowest BCUT2D eigenvalue weighted by atomic mass is 10.2. The first kappa shape index (κ1) is 13.7. The number of hydrogen-bond acceptors (Lipinski definition) is 3. The summed E-state index contributed by atoms with van der Waals surface area (Å²) < 4.78 is 7.24. The molecule has 1 amide bonds. The number of aromatic nitrogens is 2. The van der Waals surface area contributed by atoms with Gasteiger partial charge >= 0.3 is 0 Å². The van der Waals surface area contributed by atoms with Gasteiger partial charge in [0.1, 0.15) is 5.75 Å². The number of benzene rings is 1. The summed E-state index contributed by atoms with van der Waals surface area (Å²) in [5, 5.41) is 0. The van der Waals surface area contributed by atoms with Gasteiger partial charge in [-0.25, -0.2) is 4.98 Å². The van der Waals surface area contributed by atoms with Gasteiger partial charge in [-0.2, -0.15) is 0 Å². The minimum Gasteiger partial charge on any atom is -0.497 e. The number of aryl methyl sites for hydroxylation is 1. The van der Waals surface area contributed by atoms with Crippen molar-refractivity contribution in [2.75, 3.05) is 18.6 Å². The maximum atomic E-state index is 12.0. The maximum absolute atomic E-state index is 12.0. The summed E-state index contributed by atoms with van der Waals surface area (Å²) in [7, 11) is 1.65. The third-order valence-corrected chi connectivity index (χ3v) is 3.77. The Kier molecular flexibility index (Phi) is 3.64. The Morgan fingerprint density at radius 1 is 1.29 bits per heavy atom. The monoisotopic (exact) mass is 285 g/mol. The summed E-state index contributed by atoms with van der Waals surface area (Å²) in [5.74, 6) is 1.72. The van der Waals surface area contributed by atoms with E-state index in [2.05, 4.69) is 9.55 Å². The molecule has 3 rings (SSSR count). The predicted molar refractivity (Wildman–Crippen MR) is 81.5 cm³/mol. The molecule has 110 valence electrons. The van der Waals surface area contributed by atoms with Crippen LogP contribution in [0.15, 0.2) is 30.5 Å². The zero-order valence-corrected chi connectivity index (χ0v) is 12.4. The van der Waals surface area contributed by atoms with Crippen LogP contribution in [-0.4, -0.2) is 29.1 Å². The summed E-state index contributed by atoms with van der Waals surface area (Å²) in [6.45, 7) is 3.55. The Labute approximate surface area is 124 Å². The van der Waals surface area contributed by atoms with Crippen LogP contribution in [0.5, 0.6) is 5.75 Å². The largest absolute Gasteiger partial charge is 0.497 e. The number of ether oxygens (including phenoxy) is 1. The Bertz CT molecular complexity index is 646. The van der Waals surface area contributed by atoms with Gasteiger partial charge in [0.05, 0.1) is 12.8 Å². The van der Waals surface area contributed by atoms with Crippen molar-refractivity contribution in [3.8, 4) is 17.0 Å². The van der Waals surface area contributed by atoms with Gasteiger partial charge in [0.25, 0.3) is 0 Å². The fourth-order valence-corrected chi connectivity index (χ4v) is 2.61.